The lowest BCUT2D eigenvalue weighted by molar-refractivity contribution is -0.140. The third-order valence-corrected chi connectivity index (χ3v) is 5.38. The van der Waals surface area contributed by atoms with Crippen LogP contribution in [0.25, 0.3) is 0 Å². The number of hydrogen-bond donors (Lipinski definition) is 1. The van der Waals surface area contributed by atoms with Gasteiger partial charge in [0.2, 0.25) is 11.8 Å². The van der Waals surface area contributed by atoms with E-state index in [4.69, 9.17) is 34.8 Å². The van der Waals surface area contributed by atoms with Gasteiger partial charge in [0.15, 0.2) is 0 Å². The van der Waals surface area contributed by atoms with Crippen LogP contribution in [-0.4, -0.2) is 29.8 Å². The predicted molar refractivity (Wildman–Crippen MR) is 110 cm³/mol. The van der Waals surface area contributed by atoms with Gasteiger partial charge >= 0.3 is 0 Å². The van der Waals surface area contributed by atoms with Crippen LogP contribution in [0.5, 0.6) is 0 Å². The maximum absolute atomic E-state index is 13.1. The summed E-state index contributed by atoms with van der Waals surface area (Å²) >= 11 is 18.3. The first-order valence-electron chi connectivity index (χ1n) is 8.55. The monoisotopic (exact) mass is 426 g/mol. The molecule has 27 heavy (non-hydrogen) atoms. The fourth-order valence-electron chi connectivity index (χ4n) is 2.82. The Morgan fingerprint density at radius 2 is 1.74 bits per heavy atom. The molecule has 0 aromatic heterocycles. The zero-order valence-corrected chi connectivity index (χ0v) is 17.4. The third kappa shape index (κ3) is 5.61. The second kappa shape index (κ2) is 9.98. The molecule has 2 rings (SSSR count). The summed E-state index contributed by atoms with van der Waals surface area (Å²) in [7, 11) is 1.56. The molecule has 0 radical (unpaired) electrons. The van der Waals surface area contributed by atoms with Gasteiger partial charge in [0, 0.05) is 18.6 Å². The Morgan fingerprint density at radius 3 is 2.33 bits per heavy atom. The first kappa shape index (κ1) is 21.5. The van der Waals surface area contributed by atoms with Crippen molar-refractivity contribution in [2.75, 3.05) is 7.05 Å². The second-order valence-electron chi connectivity index (χ2n) is 6.08. The summed E-state index contributed by atoms with van der Waals surface area (Å²) in [6, 6.07) is 11.8. The number of rotatable bonds is 7. The molecule has 144 valence electrons. The number of benzene rings is 2. The van der Waals surface area contributed by atoms with Crippen LogP contribution in [0.4, 0.5) is 0 Å². The SMILES string of the molecule is CC[C@H](C(=O)NC)N(Cc1ccccc1Cl)C(=O)Cc1ccc(Cl)c(Cl)c1. The molecule has 2 amide bonds. The van der Waals surface area contributed by atoms with Gasteiger partial charge in [-0.25, -0.2) is 0 Å². The number of nitrogens with zero attached hydrogens (tertiary/aromatic N) is 1. The van der Waals surface area contributed by atoms with E-state index in [1.807, 2.05) is 25.1 Å². The molecule has 7 heteroatoms. The van der Waals surface area contributed by atoms with Crippen molar-refractivity contribution >= 4 is 46.6 Å². The van der Waals surface area contributed by atoms with Crippen molar-refractivity contribution in [2.24, 2.45) is 0 Å². The number of amides is 2. The standard InChI is InChI=1S/C20H21Cl3N2O2/c1-3-18(20(27)24-2)25(12-14-6-4-5-7-15(14)21)19(26)11-13-8-9-16(22)17(23)10-13/h4-10,18H,3,11-12H2,1-2H3,(H,24,27)/t18-/m1/s1. The smallest absolute Gasteiger partial charge is 0.242 e. The molecular formula is C20H21Cl3N2O2. The summed E-state index contributed by atoms with van der Waals surface area (Å²) < 4.78 is 0. The fourth-order valence-corrected chi connectivity index (χ4v) is 3.34. The van der Waals surface area contributed by atoms with Crippen molar-refractivity contribution in [3.8, 4) is 0 Å². The molecule has 4 nitrogen and oxygen atoms in total. The summed E-state index contributed by atoms with van der Waals surface area (Å²) in [6.45, 7) is 2.11. The second-order valence-corrected chi connectivity index (χ2v) is 7.30. The Morgan fingerprint density at radius 1 is 1.04 bits per heavy atom. The normalized spacial score (nSPS) is 11.7. The molecule has 0 aliphatic heterocycles. The molecule has 0 unspecified atom stereocenters. The van der Waals surface area contributed by atoms with Gasteiger partial charge in [-0.15, -0.1) is 0 Å². The quantitative estimate of drug-likeness (QED) is 0.693. The highest BCUT2D eigenvalue weighted by atomic mass is 35.5. The number of halogens is 3. The molecule has 1 N–H and O–H groups in total. The van der Waals surface area contributed by atoms with Gasteiger partial charge < -0.3 is 10.2 Å². The number of hydrogen-bond acceptors (Lipinski definition) is 2. The van der Waals surface area contributed by atoms with E-state index >= 15 is 0 Å². The first-order valence-corrected chi connectivity index (χ1v) is 9.69. The van der Waals surface area contributed by atoms with Gasteiger partial charge in [0.1, 0.15) is 6.04 Å². The Kier molecular flexibility index (Phi) is 7.96. The maximum Gasteiger partial charge on any atom is 0.242 e. The molecule has 0 heterocycles. The number of carbonyl (C=O) groups is 2. The summed E-state index contributed by atoms with van der Waals surface area (Å²) in [5.41, 5.74) is 1.51. The molecule has 0 spiro atoms. The van der Waals surface area contributed by atoms with E-state index < -0.39 is 6.04 Å². The van der Waals surface area contributed by atoms with Crippen LogP contribution in [0.15, 0.2) is 42.5 Å². The molecule has 0 aliphatic rings. The molecular weight excluding hydrogens is 407 g/mol. The summed E-state index contributed by atoms with van der Waals surface area (Å²) in [4.78, 5) is 27.0. The lowest BCUT2D eigenvalue weighted by Crippen LogP contribution is -2.48. The predicted octanol–water partition coefficient (Wildman–Crippen LogP) is 4.74. The number of nitrogens with one attached hydrogen (secondary N) is 1. The van der Waals surface area contributed by atoms with Gasteiger partial charge in [-0.3, -0.25) is 9.59 Å². The van der Waals surface area contributed by atoms with Crippen LogP contribution in [0.1, 0.15) is 24.5 Å². The van der Waals surface area contributed by atoms with Crippen LogP contribution in [-0.2, 0) is 22.6 Å². The Balaban J connectivity index is 2.32. The molecule has 0 saturated carbocycles. The average Bonchev–Trinajstić information content (AvgIpc) is 2.65. The molecule has 0 aliphatic carbocycles. The molecule has 0 fully saturated rings. The van der Waals surface area contributed by atoms with Gasteiger partial charge in [-0.05, 0) is 35.7 Å². The van der Waals surface area contributed by atoms with Crippen LogP contribution in [0.2, 0.25) is 15.1 Å². The molecule has 0 bridgehead atoms. The van der Waals surface area contributed by atoms with Crippen LogP contribution in [0.3, 0.4) is 0 Å². The Hall–Kier alpha value is -1.75. The highest BCUT2D eigenvalue weighted by molar-refractivity contribution is 6.42. The molecule has 0 saturated heterocycles. The van der Waals surface area contributed by atoms with Gasteiger partial charge in [-0.1, -0.05) is 66.0 Å². The Labute approximate surface area is 174 Å². The number of carbonyl (C=O) groups excluding carboxylic acids is 2. The van der Waals surface area contributed by atoms with Crippen LogP contribution >= 0.6 is 34.8 Å². The lowest BCUT2D eigenvalue weighted by atomic mass is 10.1. The zero-order chi connectivity index (χ0) is 20.0. The molecule has 2 aromatic rings. The first-order chi connectivity index (χ1) is 12.9. The Bertz CT molecular complexity index is 827. The van der Waals surface area contributed by atoms with Crippen molar-refractivity contribution in [1.82, 2.24) is 10.2 Å². The van der Waals surface area contributed by atoms with E-state index in [-0.39, 0.29) is 24.8 Å². The summed E-state index contributed by atoms with van der Waals surface area (Å²) in [5.74, 6) is -0.407. The minimum absolute atomic E-state index is 0.106. The van der Waals surface area contributed by atoms with Gasteiger partial charge in [0.25, 0.3) is 0 Å². The topological polar surface area (TPSA) is 49.4 Å². The molecule has 1 atom stereocenters. The largest absolute Gasteiger partial charge is 0.357 e. The highest BCUT2D eigenvalue weighted by Gasteiger charge is 2.28. The van der Waals surface area contributed by atoms with Crippen molar-refractivity contribution in [3.05, 3.63) is 68.7 Å². The van der Waals surface area contributed by atoms with Crippen molar-refractivity contribution in [1.29, 1.82) is 0 Å². The van der Waals surface area contributed by atoms with E-state index in [1.54, 1.807) is 36.2 Å². The van der Waals surface area contributed by atoms with Crippen LogP contribution in [0, 0.1) is 0 Å². The zero-order valence-electron chi connectivity index (χ0n) is 15.1. The van der Waals surface area contributed by atoms with Crippen molar-refractivity contribution in [2.45, 2.75) is 32.4 Å². The van der Waals surface area contributed by atoms with Crippen molar-refractivity contribution in [3.63, 3.8) is 0 Å². The van der Waals surface area contributed by atoms with E-state index in [9.17, 15) is 9.59 Å². The van der Waals surface area contributed by atoms with Gasteiger partial charge in [0.05, 0.1) is 16.5 Å². The van der Waals surface area contributed by atoms with E-state index in [2.05, 4.69) is 5.32 Å². The fraction of sp³-hybridized carbons (Fsp3) is 0.300. The minimum Gasteiger partial charge on any atom is -0.357 e. The lowest BCUT2D eigenvalue weighted by Gasteiger charge is -2.30. The van der Waals surface area contributed by atoms with E-state index in [0.29, 0.717) is 21.5 Å². The summed E-state index contributed by atoms with van der Waals surface area (Å²) in [6.07, 6.45) is 0.589. The third-order valence-electron chi connectivity index (χ3n) is 4.27. The van der Waals surface area contributed by atoms with E-state index in [0.717, 1.165) is 11.1 Å². The van der Waals surface area contributed by atoms with Gasteiger partial charge in [-0.2, -0.15) is 0 Å². The number of likely N-dealkylation sites (N-methyl/N-ethyl adjacent to an activating group) is 1. The highest BCUT2D eigenvalue weighted by Crippen LogP contribution is 2.24. The average molecular weight is 428 g/mol. The van der Waals surface area contributed by atoms with E-state index in [1.165, 1.54) is 0 Å². The maximum atomic E-state index is 13.1. The van der Waals surface area contributed by atoms with Crippen molar-refractivity contribution < 1.29 is 9.59 Å². The molecule has 2 aromatic carbocycles. The van der Waals surface area contributed by atoms with Crippen LogP contribution < -0.4 is 5.32 Å². The minimum atomic E-state index is -0.596. The summed E-state index contributed by atoms with van der Waals surface area (Å²) in [5, 5.41) is 4.00.